The summed E-state index contributed by atoms with van der Waals surface area (Å²) in [6, 6.07) is 0.773. The molecular weight excluding hydrogens is 200 g/mol. The van der Waals surface area contributed by atoms with Crippen LogP contribution in [0.5, 0.6) is 0 Å². The third-order valence-corrected chi connectivity index (χ3v) is 3.47. The number of imidazole rings is 1. The van der Waals surface area contributed by atoms with E-state index in [1.165, 1.54) is 19.4 Å². The average Bonchev–Trinajstić information content (AvgIpc) is 2.84. The topological polar surface area (TPSA) is 33.1 Å². The van der Waals surface area contributed by atoms with Gasteiger partial charge in [-0.3, -0.25) is 4.90 Å². The molecule has 0 aromatic carbocycles. The maximum atomic E-state index is 4.29. The van der Waals surface area contributed by atoms with Crippen LogP contribution in [0.1, 0.15) is 25.6 Å². The lowest BCUT2D eigenvalue weighted by Gasteiger charge is -2.20. The monoisotopic (exact) mass is 222 g/mol. The Balaban J connectivity index is 1.63. The van der Waals surface area contributed by atoms with Crippen LogP contribution in [0.3, 0.4) is 0 Å². The minimum absolute atomic E-state index is 0.773. The molecular formula is C12H22N4. The van der Waals surface area contributed by atoms with Crippen molar-refractivity contribution in [1.82, 2.24) is 19.8 Å². The molecule has 1 aliphatic rings. The van der Waals surface area contributed by atoms with Crippen LogP contribution < -0.4 is 5.32 Å². The number of nitrogens with one attached hydrogen (secondary N) is 1. The van der Waals surface area contributed by atoms with Crippen LogP contribution in [0.25, 0.3) is 0 Å². The van der Waals surface area contributed by atoms with Gasteiger partial charge in [-0.1, -0.05) is 0 Å². The molecule has 1 N–H and O–H groups in total. The fraction of sp³-hybridized carbons (Fsp3) is 0.750. The normalized spacial score (nSPS) is 21.8. The Hall–Kier alpha value is -0.870. The number of aromatic nitrogens is 2. The Kier molecular flexibility index (Phi) is 3.96. The molecule has 0 radical (unpaired) electrons. The first-order valence-corrected chi connectivity index (χ1v) is 6.18. The number of likely N-dealkylation sites (tertiary alicyclic amines) is 1. The van der Waals surface area contributed by atoms with Crippen LogP contribution in [-0.2, 0) is 13.6 Å². The summed E-state index contributed by atoms with van der Waals surface area (Å²) in [4.78, 5) is 6.85. The first-order chi connectivity index (χ1) is 7.77. The van der Waals surface area contributed by atoms with Gasteiger partial charge in [0.2, 0.25) is 0 Å². The molecule has 0 saturated carbocycles. The first kappa shape index (κ1) is 11.6. The largest absolute Gasteiger partial charge is 0.337 e. The lowest BCUT2D eigenvalue weighted by Crippen LogP contribution is -2.34. The lowest BCUT2D eigenvalue weighted by atomic mass is 10.2. The fourth-order valence-electron chi connectivity index (χ4n) is 2.31. The molecule has 0 amide bonds. The average molecular weight is 222 g/mol. The second kappa shape index (κ2) is 5.46. The number of rotatable bonds is 5. The van der Waals surface area contributed by atoms with Gasteiger partial charge in [-0.2, -0.15) is 0 Å². The molecule has 1 aromatic rings. The maximum absolute atomic E-state index is 4.29. The van der Waals surface area contributed by atoms with Gasteiger partial charge >= 0.3 is 0 Å². The molecule has 4 nitrogen and oxygen atoms in total. The zero-order valence-electron chi connectivity index (χ0n) is 10.3. The number of aryl methyl sites for hydroxylation is 1. The van der Waals surface area contributed by atoms with Gasteiger partial charge in [-0.05, 0) is 26.3 Å². The van der Waals surface area contributed by atoms with Crippen molar-refractivity contribution in [1.29, 1.82) is 0 Å². The van der Waals surface area contributed by atoms with Crippen molar-refractivity contribution < 1.29 is 0 Å². The highest BCUT2D eigenvalue weighted by molar-refractivity contribution is 4.90. The maximum Gasteiger partial charge on any atom is 0.122 e. The highest BCUT2D eigenvalue weighted by atomic mass is 15.2. The Labute approximate surface area is 97.7 Å². The molecule has 1 fully saturated rings. The summed E-state index contributed by atoms with van der Waals surface area (Å²) in [6.07, 6.45) is 6.55. The van der Waals surface area contributed by atoms with E-state index in [-0.39, 0.29) is 0 Å². The van der Waals surface area contributed by atoms with E-state index in [2.05, 4.69) is 26.7 Å². The van der Waals surface area contributed by atoms with Gasteiger partial charge < -0.3 is 9.88 Å². The van der Waals surface area contributed by atoms with Crippen LogP contribution in [0.4, 0.5) is 0 Å². The molecule has 2 rings (SSSR count). The number of hydrogen-bond acceptors (Lipinski definition) is 3. The molecule has 1 aromatic heterocycles. The summed E-state index contributed by atoms with van der Waals surface area (Å²) in [5, 5.41) is 3.45. The lowest BCUT2D eigenvalue weighted by molar-refractivity contribution is 0.268. The second-order valence-electron chi connectivity index (χ2n) is 4.66. The summed E-state index contributed by atoms with van der Waals surface area (Å²) >= 11 is 0. The van der Waals surface area contributed by atoms with Gasteiger partial charge in [0.25, 0.3) is 0 Å². The third-order valence-electron chi connectivity index (χ3n) is 3.47. The molecule has 4 heteroatoms. The molecule has 0 aliphatic carbocycles. The van der Waals surface area contributed by atoms with E-state index in [1.807, 2.05) is 19.4 Å². The van der Waals surface area contributed by atoms with Gasteiger partial charge in [-0.15, -0.1) is 0 Å². The minimum atomic E-state index is 0.773. The van der Waals surface area contributed by atoms with E-state index in [1.54, 1.807) is 0 Å². The summed E-state index contributed by atoms with van der Waals surface area (Å²) < 4.78 is 2.06. The molecule has 90 valence electrons. The molecule has 1 aliphatic heterocycles. The fourth-order valence-corrected chi connectivity index (χ4v) is 2.31. The van der Waals surface area contributed by atoms with E-state index in [4.69, 9.17) is 0 Å². The van der Waals surface area contributed by atoms with E-state index >= 15 is 0 Å². The van der Waals surface area contributed by atoms with Crippen LogP contribution in [0.15, 0.2) is 12.4 Å². The van der Waals surface area contributed by atoms with Crippen molar-refractivity contribution in [3.05, 3.63) is 18.2 Å². The van der Waals surface area contributed by atoms with E-state index in [0.29, 0.717) is 0 Å². The van der Waals surface area contributed by atoms with Gasteiger partial charge in [0.1, 0.15) is 5.82 Å². The van der Waals surface area contributed by atoms with Gasteiger partial charge in [0.15, 0.2) is 0 Å². The molecule has 1 unspecified atom stereocenters. The number of hydrogen-bond donors (Lipinski definition) is 1. The molecule has 1 atom stereocenters. The zero-order valence-corrected chi connectivity index (χ0v) is 10.3. The molecule has 1 saturated heterocycles. The highest BCUT2D eigenvalue weighted by Gasteiger charge is 2.18. The van der Waals surface area contributed by atoms with Crippen LogP contribution in [0.2, 0.25) is 0 Å². The molecule has 16 heavy (non-hydrogen) atoms. The smallest absolute Gasteiger partial charge is 0.122 e. The molecule has 0 spiro atoms. The molecule has 2 heterocycles. The standard InChI is InChI=1S/C12H22N4/c1-11-4-3-7-16(11)9-5-13-10-12-14-6-8-15(12)2/h6,8,11,13H,3-5,7,9-10H2,1-2H3. The highest BCUT2D eigenvalue weighted by Crippen LogP contribution is 2.14. The van der Waals surface area contributed by atoms with E-state index in [0.717, 1.165) is 31.5 Å². The Morgan fingerprint density at radius 3 is 3.06 bits per heavy atom. The Morgan fingerprint density at radius 2 is 2.44 bits per heavy atom. The van der Waals surface area contributed by atoms with Crippen molar-refractivity contribution in [2.24, 2.45) is 7.05 Å². The number of nitrogens with zero attached hydrogens (tertiary/aromatic N) is 3. The first-order valence-electron chi connectivity index (χ1n) is 6.18. The Bertz CT molecular complexity index is 321. The van der Waals surface area contributed by atoms with Crippen molar-refractivity contribution in [3.8, 4) is 0 Å². The van der Waals surface area contributed by atoms with E-state index in [9.17, 15) is 0 Å². The van der Waals surface area contributed by atoms with Crippen molar-refractivity contribution in [3.63, 3.8) is 0 Å². The SMILES string of the molecule is CC1CCCN1CCNCc1nccn1C. The minimum Gasteiger partial charge on any atom is -0.337 e. The van der Waals surface area contributed by atoms with Gasteiger partial charge in [0, 0.05) is 38.6 Å². The van der Waals surface area contributed by atoms with E-state index < -0.39 is 0 Å². The predicted octanol–water partition coefficient (Wildman–Crippen LogP) is 0.994. The summed E-state index contributed by atoms with van der Waals surface area (Å²) in [5.41, 5.74) is 0. The van der Waals surface area contributed by atoms with Crippen LogP contribution >= 0.6 is 0 Å². The quantitative estimate of drug-likeness (QED) is 0.754. The van der Waals surface area contributed by atoms with Crippen molar-refractivity contribution in [2.75, 3.05) is 19.6 Å². The van der Waals surface area contributed by atoms with Crippen LogP contribution in [0, 0.1) is 0 Å². The van der Waals surface area contributed by atoms with Crippen LogP contribution in [-0.4, -0.2) is 40.1 Å². The van der Waals surface area contributed by atoms with Gasteiger partial charge in [0.05, 0.1) is 6.54 Å². The summed E-state index contributed by atoms with van der Waals surface area (Å²) in [5.74, 6) is 1.11. The third kappa shape index (κ3) is 2.83. The summed E-state index contributed by atoms with van der Waals surface area (Å²) in [6.45, 7) is 6.67. The molecule has 0 bridgehead atoms. The van der Waals surface area contributed by atoms with Crippen molar-refractivity contribution in [2.45, 2.75) is 32.4 Å². The predicted molar refractivity (Wildman–Crippen MR) is 65.2 cm³/mol. The van der Waals surface area contributed by atoms with Crippen molar-refractivity contribution >= 4 is 0 Å². The Morgan fingerprint density at radius 1 is 1.56 bits per heavy atom. The van der Waals surface area contributed by atoms with Gasteiger partial charge in [-0.25, -0.2) is 4.98 Å². The summed E-state index contributed by atoms with van der Waals surface area (Å²) in [7, 11) is 2.03. The second-order valence-corrected chi connectivity index (χ2v) is 4.66. The zero-order chi connectivity index (χ0) is 11.4.